The van der Waals surface area contributed by atoms with Gasteiger partial charge in [0.25, 0.3) is 0 Å². The van der Waals surface area contributed by atoms with Gasteiger partial charge in [-0.1, -0.05) is 32.3 Å². The Morgan fingerprint density at radius 3 is 2.61 bits per heavy atom. The monoisotopic (exact) mass is 255 g/mol. The molecule has 0 bridgehead atoms. The number of methoxy groups -OCH3 is 1. The van der Waals surface area contributed by atoms with Gasteiger partial charge < -0.3 is 14.6 Å². The third kappa shape index (κ3) is 4.07. The fraction of sp³-hybridized carbons (Fsp3) is 0.846. The average molecular weight is 255 g/mol. The summed E-state index contributed by atoms with van der Waals surface area (Å²) >= 11 is 0. The van der Waals surface area contributed by atoms with Crippen molar-refractivity contribution in [3.8, 4) is 0 Å². The highest BCUT2D eigenvalue weighted by molar-refractivity contribution is 4.94. The molecule has 0 aliphatic rings. The highest BCUT2D eigenvalue weighted by Crippen LogP contribution is 2.22. The van der Waals surface area contributed by atoms with Crippen LogP contribution in [0.15, 0.2) is 4.52 Å². The largest absolute Gasteiger partial charge is 0.373 e. The molecule has 1 N–H and O–H groups in total. The molecule has 0 saturated carbocycles. The molecule has 18 heavy (non-hydrogen) atoms. The van der Waals surface area contributed by atoms with E-state index in [0.717, 1.165) is 19.3 Å². The van der Waals surface area contributed by atoms with Gasteiger partial charge in [0.2, 0.25) is 11.7 Å². The van der Waals surface area contributed by atoms with Gasteiger partial charge in [-0.2, -0.15) is 4.98 Å². The van der Waals surface area contributed by atoms with E-state index in [1.165, 1.54) is 0 Å². The maximum absolute atomic E-state index is 5.39. The number of ether oxygens (including phenoxy) is 1. The SMILES string of the molecule is CCCC(Cc1nc(C(OC)C(C)C)no1)NC. The van der Waals surface area contributed by atoms with E-state index < -0.39 is 0 Å². The normalized spacial score (nSPS) is 15.0. The van der Waals surface area contributed by atoms with E-state index >= 15 is 0 Å². The molecule has 0 aliphatic carbocycles. The Hall–Kier alpha value is -0.940. The maximum atomic E-state index is 5.39. The molecule has 0 aromatic carbocycles. The molecule has 1 aromatic heterocycles. The van der Waals surface area contributed by atoms with Gasteiger partial charge in [0.1, 0.15) is 6.10 Å². The summed E-state index contributed by atoms with van der Waals surface area (Å²) in [6.45, 7) is 6.33. The van der Waals surface area contributed by atoms with Crippen LogP contribution >= 0.6 is 0 Å². The second-order valence-electron chi connectivity index (χ2n) is 4.93. The summed E-state index contributed by atoms with van der Waals surface area (Å²) in [4.78, 5) is 4.43. The van der Waals surface area contributed by atoms with E-state index in [-0.39, 0.29) is 6.10 Å². The van der Waals surface area contributed by atoms with Crippen LogP contribution in [0.25, 0.3) is 0 Å². The Morgan fingerprint density at radius 1 is 1.39 bits per heavy atom. The van der Waals surface area contributed by atoms with Gasteiger partial charge in [-0.3, -0.25) is 0 Å². The zero-order valence-electron chi connectivity index (χ0n) is 12.1. The van der Waals surface area contributed by atoms with E-state index in [1.54, 1.807) is 7.11 Å². The molecule has 5 nitrogen and oxygen atoms in total. The van der Waals surface area contributed by atoms with Gasteiger partial charge in [-0.05, 0) is 19.4 Å². The lowest BCUT2D eigenvalue weighted by Crippen LogP contribution is -2.27. The average Bonchev–Trinajstić information content (AvgIpc) is 2.77. The van der Waals surface area contributed by atoms with Crippen LogP contribution in [0.5, 0.6) is 0 Å². The number of nitrogens with one attached hydrogen (secondary N) is 1. The van der Waals surface area contributed by atoms with Gasteiger partial charge in [0.05, 0.1) is 0 Å². The molecule has 1 rings (SSSR count). The zero-order valence-corrected chi connectivity index (χ0v) is 12.1. The lowest BCUT2D eigenvalue weighted by molar-refractivity contribution is 0.0555. The summed E-state index contributed by atoms with van der Waals surface area (Å²) in [6.07, 6.45) is 2.92. The third-order valence-corrected chi connectivity index (χ3v) is 3.06. The van der Waals surface area contributed by atoms with E-state index in [4.69, 9.17) is 9.26 Å². The van der Waals surface area contributed by atoms with Crippen LogP contribution in [-0.2, 0) is 11.2 Å². The molecule has 104 valence electrons. The van der Waals surface area contributed by atoms with Crippen molar-refractivity contribution in [1.29, 1.82) is 0 Å². The summed E-state index contributed by atoms with van der Waals surface area (Å²) in [5.41, 5.74) is 0. The lowest BCUT2D eigenvalue weighted by Gasteiger charge is -2.14. The lowest BCUT2D eigenvalue weighted by atomic mass is 10.1. The van der Waals surface area contributed by atoms with Crippen molar-refractivity contribution in [1.82, 2.24) is 15.5 Å². The van der Waals surface area contributed by atoms with Gasteiger partial charge in [-0.25, -0.2) is 0 Å². The first-order valence-corrected chi connectivity index (χ1v) is 6.64. The Bertz CT molecular complexity index is 339. The van der Waals surface area contributed by atoms with Crippen LogP contribution in [0.2, 0.25) is 0 Å². The summed E-state index contributed by atoms with van der Waals surface area (Å²) in [7, 11) is 3.64. The fourth-order valence-corrected chi connectivity index (χ4v) is 2.05. The minimum Gasteiger partial charge on any atom is -0.373 e. The zero-order chi connectivity index (χ0) is 13.5. The molecular weight excluding hydrogens is 230 g/mol. The van der Waals surface area contributed by atoms with E-state index in [2.05, 4.69) is 36.2 Å². The van der Waals surface area contributed by atoms with Crippen LogP contribution < -0.4 is 5.32 Å². The topological polar surface area (TPSA) is 60.2 Å². The quantitative estimate of drug-likeness (QED) is 0.772. The van der Waals surface area contributed by atoms with Crippen LogP contribution in [0.3, 0.4) is 0 Å². The third-order valence-electron chi connectivity index (χ3n) is 3.06. The summed E-state index contributed by atoms with van der Waals surface area (Å²) < 4.78 is 10.7. The minimum absolute atomic E-state index is 0.0956. The first-order valence-electron chi connectivity index (χ1n) is 6.64. The van der Waals surface area contributed by atoms with E-state index in [1.807, 2.05) is 7.05 Å². The maximum Gasteiger partial charge on any atom is 0.228 e. The molecule has 2 unspecified atom stereocenters. The first-order chi connectivity index (χ1) is 8.62. The molecule has 0 fully saturated rings. The molecular formula is C13H25N3O2. The molecule has 2 atom stereocenters. The Morgan fingerprint density at radius 2 is 2.11 bits per heavy atom. The highest BCUT2D eigenvalue weighted by atomic mass is 16.5. The number of aromatic nitrogens is 2. The molecule has 0 aliphatic heterocycles. The summed E-state index contributed by atoms with van der Waals surface area (Å²) in [5, 5.41) is 7.28. The van der Waals surface area contributed by atoms with Crippen LogP contribution in [-0.4, -0.2) is 30.3 Å². The van der Waals surface area contributed by atoms with Crippen molar-refractivity contribution in [3.63, 3.8) is 0 Å². The fourth-order valence-electron chi connectivity index (χ4n) is 2.05. The first kappa shape index (κ1) is 15.1. The molecule has 1 aromatic rings. The van der Waals surface area contributed by atoms with Crippen molar-refractivity contribution in [3.05, 3.63) is 11.7 Å². The van der Waals surface area contributed by atoms with Crippen molar-refractivity contribution in [2.45, 2.75) is 52.2 Å². The van der Waals surface area contributed by atoms with Crippen molar-refractivity contribution >= 4 is 0 Å². The van der Waals surface area contributed by atoms with Gasteiger partial charge in [0, 0.05) is 19.6 Å². The predicted octanol–water partition coefficient (Wildman–Crippen LogP) is 2.34. The number of hydrogen-bond acceptors (Lipinski definition) is 5. The van der Waals surface area contributed by atoms with Crippen molar-refractivity contribution < 1.29 is 9.26 Å². The number of rotatable bonds is 8. The van der Waals surface area contributed by atoms with Crippen molar-refractivity contribution in [2.24, 2.45) is 5.92 Å². The Kier molecular flexibility index (Phi) is 6.29. The second kappa shape index (κ2) is 7.48. The smallest absolute Gasteiger partial charge is 0.228 e. The molecule has 0 radical (unpaired) electrons. The molecule has 0 spiro atoms. The molecule has 0 saturated heterocycles. The molecule has 5 heteroatoms. The van der Waals surface area contributed by atoms with Gasteiger partial charge in [-0.15, -0.1) is 0 Å². The van der Waals surface area contributed by atoms with E-state index in [9.17, 15) is 0 Å². The predicted molar refractivity (Wildman–Crippen MR) is 70.3 cm³/mol. The Balaban J connectivity index is 2.67. The highest BCUT2D eigenvalue weighted by Gasteiger charge is 2.22. The van der Waals surface area contributed by atoms with Crippen LogP contribution in [0.1, 0.15) is 51.4 Å². The number of hydrogen-bond donors (Lipinski definition) is 1. The molecule has 1 heterocycles. The van der Waals surface area contributed by atoms with Gasteiger partial charge >= 0.3 is 0 Å². The number of nitrogens with zero attached hydrogens (tertiary/aromatic N) is 2. The summed E-state index contributed by atoms with van der Waals surface area (Å²) in [5.74, 6) is 1.66. The van der Waals surface area contributed by atoms with Crippen LogP contribution in [0, 0.1) is 5.92 Å². The van der Waals surface area contributed by atoms with Crippen LogP contribution in [0.4, 0.5) is 0 Å². The number of likely N-dealkylation sites (N-methyl/N-ethyl adjacent to an activating group) is 1. The van der Waals surface area contributed by atoms with E-state index in [0.29, 0.717) is 23.7 Å². The standard InChI is InChI=1S/C13H25N3O2/c1-6-7-10(14-4)8-11-15-13(16-18-11)12(17-5)9(2)3/h9-10,12,14H,6-8H2,1-5H3. The van der Waals surface area contributed by atoms with Gasteiger partial charge in [0.15, 0.2) is 0 Å². The van der Waals surface area contributed by atoms with Crippen molar-refractivity contribution in [2.75, 3.05) is 14.2 Å². The second-order valence-corrected chi connectivity index (χ2v) is 4.93. The molecule has 0 amide bonds. The summed E-state index contributed by atoms with van der Waals surface area (Å²) in [6, 6.07) is 0.392. The Labute approximate surface area is 109 Å². The minimum atomic E-state index is -0.0956.